The highest BCUT2D eigenvalue weighted by Crippen LogP contribution is 2.53. The number of Topliss-reactive ketones (excluding diaryl/α,β-unsaturated/α-hetero) is 1. The lowest BCUT2D eigenvalue weighted by Crippen LogP contribution is -2.48. The van der Waals surface area contributed by atoms with Gasteiger partial charge in [-0.05, 0) is 35.6 Å². The van der Waals surface area contributed by atoms with Crippen LogP contribution in [0.25, 0.3) is 0 Å². The Morgan fingerprint density at radius 2 is 1.55 bits per heavy atom. The lowest BCUT2D eigenvalue weighted by molar-refractivity contribution is -0.126. The molecular formula is C29H30N2O2. The fraction of sp³-hybridized carbons (Fsp3) is 0.310. The third-order valence-electron chi connectivity index (χ3n) is 7.59. The minimum absolute atomic E-state index is 0.149. The first-order valence-electron chi connectivity index (χ1n) is 11.7. The van der Waals surface area contributed by atoms with Crippen molar-refractivity contribution in [3.8, 4) is 5.75 Å². The summed E-state index contributed by atoms with van der Waals surface area (Å²) in [6.07, 6.45) is 2.08. The van der Waals surface area contributed by atoms with Gasteiger partial charge in [-0.25, -0.2) is 0 Å². The number of benzene rings is 3. The number of nitrogens with zero attached hydrogens (tertiary/aromatic N) is 1. The number of nitrogens with one attached hydrogen (secondary N) is 1. The minimum Gasteiger partial charge on any atom is -0.496 e. The molecule has 2 aliphatic rings. The summed E-state index contributed by atoms with van der Waals surface area (Å²) in [6.45, 7) is 1.33. The second kappa shape index (κ2) is 8.86. The Labute approximate surface area is 195 Å². The molecular weight excluding hydrogens is 408 g/mol. The third-order valence-corrected chi connectivity index (χ3v) is 7.59. The number of carbonyl (C=O) groups is 1. The molecule has 4 heteroatoms. The molecule has 3 aromatic carbocycles. The van der Waals surface area contributed by atoms with Crippen LogP contribution in [0.3, 0.4) is 0 Å². The maximum Gasteiger partial charge on any atom is 0.138 e. The number of rotatable bonds is 6. The Kier molecular flexibility index (Phi) is 5.76. The molecule has 1 aliphatic carbocycles. The number of likely N-dealkylation sites (tertiary alicyclic amines) is 1. The fourth-order valence-corrected chi connectivity index (χ4v) is 6.02. The van der Waals surface area contributed by atoms with E-state index >= 15 is 0 Å². The van der Waals surface area contributed by atoms with Gasteiger partial charge in [-0.1, -0.05) is 78.9 Å². The van der Waals surface area contributed by atoms with Crippen LogP contribution in [0.4, 0.5) is 0 Å². The topological polar surface area (TPSA) is 53.4 Å². The van der Waals surface area contributed by atoms with E-state index < -0.39 is 0 Å². The van der Waals surface area contributed by atoms with Crippen molar-refractivity contribution < 1.29 is 9.53 Å². The first-order chi connectivity index (χ1) is 16.1. The monoisotopic (exact) mass is 438 g/mol. The predicted molar refractivity (Wildman–Crippen MR) is 131 cm³/mol. The molecule has 1 aliphatic heterocycles. The van der Waals surface area contributed by atoms with Gasteiger partial charge >= 0.3 is 0 Å². The summed E-state index contributed by atoms with van der Waals surface area (Å²) in [6, 6.07) is 29.1. The Hall–Kier alpha value is -3.40. The number of methoxy groups -OCH3 is 1. The smallest absolute Gasteiger partial charge is 0.138 e. The van der Waals surface area contributed by atoms with E-state index in [9.17, 15) is 10.2 Å². The highest BCUT2D eigenvalue weighted by Gasteiger charge is 2.57. The maximum absolute atomic E-state index is 13.1. The number of fused-ring (bicyclic) bond motifs is 1. The molecule has 0 radical (unpaired) electrons. The van der Waals surface area contributed by atoms with Gasteiger partial charge in [0.2, 0.25) is 0 Å². The lowest BCUT2D eigenvalue weighted by atomic mass is 9.56. The Balaban J connectivity index is 1.52. The van der Waals surface area contributed by atoms with E-state index in [-0.39, 0.29) is 17.3 Å². The first kappa shape index (κ1) is 21.4. The van der Waals surface area contributed by atoms with Gasteiger partial charge in [-0.15, -0.1) is 0 Å². The molecule has 0 amide bonds. The van der Waals surface area contributed by atoms with Crippen molar-refractivity contribution in [1.29, 1.82) is 5.41 Å². The highest BCUT2D eigenvalue weighted by molar-refractivity contribution is 5.96. The quantitative estimate of drug-likeness (QED) is 0.582. The summed E-state index contributed by atoms with van der Waals surface area (Å²) in [5.41, 5.74) is 3.17. The van der Waals surface area contributed by atoms with Crippen LogP contribution in [0.5, 0.6) is 5.75 Å². The van der Waals surface area contributed by atoms with E-state index in [1.54, 1.807) is 7.11 Å². The number of ketones is 1. The second-order valence-corrected chi connectivity index (χ2v) is 9.15. The second-order valence-electron chi connectivity index (χ2n) is 9.15. The third kappa shape index (κ3) is 3.64. The molecule has 3 aromatic rings. The van der Waals surface area contributed by atoms with Gasteiger partial charge in [0.1, 0.15) is 17.4 Å². The Morgan fingerprint density at radius 3 is 2.18 bits per heavy atom. The number of ether oxygens (including phenoxy) is 1. The van der Waals surface area contributed by atoms with Crippen LogP contribution in [-0.4, -0.2) is 36.7 Å². The number of hydrogen-bond acceptors (Lipinski definition) is 3. The van der Waals surface area contributed by atoms with Gasteiger partial charge in [-0.3, -0.25) is 10.2 Å². The van der Waals surface area contributed by atoms with Crippen LogP contribution in [0.15, 0.2) is 84.9 Å². The Bertz CT molecular complexity index is 1100. The molecule has 2 atom stereocenters. The van der Waals surface area contributed by atoms with Gasteiger partial charge < -0.3 is 9.64 Å². The van der Waals surface area contributed by atoms with Gasteiger partial charge in [0.15, 0.2) is 0 Å². The average Bonchev–Trinajstić information content (AvgIpc) is 3.22. The van der Waals surface area contributed by atoms with Crippen LogP contribution in [0.2, 0.25) is 0 Å². The number of para-hydroxylation sites is 1. The van der Waals surface area contributed by atoms with Crippen LogP contribution < -0.4 is 4.74 Å². The number of amidine groups is 1. The summed E-state index contributed by atoms with van der Waals surface area (Å²) < 4.78 is 5.52. The molecule has 1 saturated heterocycles. The van der Waals surface area contributed by atoms with Crippen LogP contribution in [-0.2, 0) is 16.6 Å². The van der Waals surface area contributed by atoms with E-state index in [0.717, 1.165) is 24.2 Å². The van der Waals surface area contributed by atoms with E-state index in [2.05, 4.69) is 59.5 Å². The molecule has 5 rings (SSSR count). The van der Waals surface area contributed by atoms with E-state index in [1.165, 1.54) is 11.1 Å². The van der Waals surface area contributed by atoms with E-state index in [0.29, 0.717) is 31.1 Å². The SMILES string of the molecule is COc1ccccc1CCN1CC2C(=O)CCC(c3ccccc3)(c3ccccc3)C2C1=N. The molecule has 0 bridgehead atoms. The molecule has 1 N–H and O–H groups in total. The summed E-state index contributed by atoms with van der Waals surface area (Å²) in [5, 5.41) is 9.28. The minimum atomic E-state index is -0.364. The van der Waals surface area contributed by atoms with Crippen molar-refractivity contribution in [2.75, 3.05) is 20.2 Å². The largest absolute Gasteiger partial charge is 0.496 e. The molecule has 4 nitrogen and oxygen atoms in total. The van der Waals surface area contributed by atoms with Crippen LogP contribution >= 0.6 is 0 Å². The molecule has 2 unspecified atom stereocenters. The number of carbonyl (C=O) groups excluding carboxylic acids is 1. The molecule has 0 aromatic heterocycles. The summed E-state index contributed by atoms with van der Waals surface area (Å²) in [7, 11) is 1.69. The van der Waals surface area contributed by atoms with Crippen molar-refractivity contribution in [2.24, 2.45) is 11.8 Å². The molecule has 168 valence electrons. The summed E-state index contributed by atoms with van der Waals surface area (Å²) in [4.78, 5) is 15.3. The summed E-state index contributed by atoms with van der Waals surface area (Å²) in [5.74, 6) is 1.47. The molecule has 1 heterocycles. The zero-order chi connectivity index (χ0) is 22.8. The standard InChI is InChI=1S/C29H30N2O2/c1-33-26-15-9-8-10-21(26)17-19-31-20-24-25(32)16-18-29(27(24)28(31)30,22-11-4-2-5-12-22)23-13-6-3-7-14-23/h2-15,24,27,30H,16-20H2,1H3. The molecule has 1 saturated carbocycles. The zero-order valence-corrected chi connectivity index (χ0v) is 19.0. The maximum atomic E-state index is 13.1. The van der Waals surface area contributed by atoms with E-state index in [4.69, 9.17) is 4.74 Å². The van der Waals surface area contributed by atoms with Crippen molar-refractivity contribution >= 4 is 11.6 Å². The number of hydrogen-bond donors (Lipinski definition) is 1. The average molecular weight is 439 g/mol. The molecule has 0 spiro atoms. The predicted octanol–water partition coefficient (Wildman–Crippen LogP) is 5.11. The van der Waals surface area contributed by atoms with Crippen molar-refractivity contribution in [1.82, 2.24) is 4.90 Å². The van der Waals surface area contributed by atoms with Crippen LogP contribution in [0.1, 0.15) is 29.5 Å². The van der Waals surface area contributed by atoms with Gasteiger partial charge in [0.25, 0.3) is 0 Å². The van der Waals surface area contributed by atoms with Crippen LogP contribution in [0, 0.1) is 17.2 Å². The molecule has 33 heavy (non-hydrogen) atoms. The van der Waals surface area contributed by atoms with Gasteiger partial charge in [-0.2, -0.15) is 0 Å². The molecule has 2 fully saturated rings. The Morgan fingerprint density at radius 1 is 0.939 bits per heavy atom. The normalized spacial score (nSPS) is 21.7. The zero-order valence-electron chi connectivity index (χ0n) is 19.0. The summed E-state index contributed by atoms with van der Waals surface area (Å²) >= 11 is 0. The van der Waals surface area contributed by atoms with Gasteiger partial charge in [0, 0.05) is 36.8 Å². The van der Waals surface area contributed by atoms with E-state index in [1.807, 2.05) is 30.3 Å². The van der Waals surface area contributed by atoms with Gasteiger partial charge in [0.05, 0.1) is 7.11 Å². The van der Waals surface area contributed by atoms with Crippen molar-refractivity contribution in [3.05, 3.63) is 102 Å². The lowest BCUT2D eigenvalue weighted by Gasteiger charge is -2.45. The first-order valence-corrected chi connectivity index (χ1v) is 11.7. The fourth-order valence-electron chi connectivity index (χ4n) is 6.02. The van der Waals surface area contributed by atoms with Crippen molar-refractivity contribution in [2.45, 2.75) is 24.7 Å². The van der Waals surface area contributed by atoms with Crippen molar-refractivity contribution in [3.63, 3.8) is 0 Å². The highest BCUT2D eigenvalue weighted by atomic mass is 16.5.